The summed E-state index contributed by atoms with van der Waals surface area (Å²) in [6.07, 6.45) is 3.14. The molecule has 1 aliphatic heterocycles. The molecule has 0 amide bonds. The van der Waals surface area contributed by atoms with Crippen molar-refractivity contribution in [2.75, 3.05) is 20.1 Å². The molecule has 1 aliphatic rings. The number of nitrogens with one attached hydrogen (secondary N) is 1. The van der Waals surface area contributed by atoms with Crippen LogP contribution in [0.1, 0.15) is 5.69 Å². The van der Waals surface area contributed by atoms with Crippen molar-refractivity contribution in [2.45, 2.75) is 12.6 Å². The van der Waals surface area contributed by atoms with E-state index in [0.29, 0.717) is 6.04 Å². The summed E-state index contributed by atoms with van der Waals surface area (Å²) >= 11 is 0. The van der Waals surface area contributed by atoms with Crippen LogP contribution in [-0.4, -0.2) is 36.1 Å². The number of rotatable bonds is 3. The van der Waals surface area contributed by atoms with Crippen molar-refractivity contribution >= 4 is 0 Å². The lowest BCUT2D eigenvalue weighted by atomic mass is 10.1. The summed E-state index contributed by atoms with van der Waals surface area (Å²) in [5.74, 6) is 0. The van der Waals surface area contributed by atoms with E-state index < -0.39 is 0 Å². The summed E-state index contributed by atoms with van der Waals surface area (Å²) in [6, 6.07) is 0.631. The largest absolute Gasteiger partial charge is 0.451 e. The topological polar surface area (TPSA) is 41.3 Å². The smallest absolute Gasteiger partial charge is 0.180 e. The van der Waals surface area contributed by atoms with E-state index >= 15 is 0 Å². The van der Waals surface area contributed by atoms with Crippen LogP contribution in [0.2, 0.25) is 0 Å². The zero-order chi connectivity index (χ0) is 8.39. The van der Waals surface area contributed by atoms with Gasteiger partial charge in [0.25, 0.3) is 0 Å². The molecule has 66 valence electrons. The first-order valence-electron chi connectivity index (χ1n) is 4.13. The van der Waals surface area contributed by atoms with Gasteiger partial charge in [0.15, 0.2) is 6.39 Å². The van der Waals surface area contributed by atoms with Gasteiger partial charge in [-0.05, 0) is 7.05 Å². The zero-order valence-corrected chi connectivity index (χ0v) is 7.16. The molecule has 1 aromatic rings. The second kappa shape index (κ2) is 3.25. The monoisotopic (exact) mass is 167 g/mol. The average molecular weight is 167 g/mol. The van der Waals surface area contributed by atoms with E-state index in [4.69, 9.17) is 4.42 Å². The van der Waals surface area contributed by atoms with Gasteiger partial charge in [0.05, 0.1) is 5.69 Å². The van der Waals surface area contributed by atoms with Gasteiger partial charge >= 0.3 is 0 Å². The van der Waals surface area contributed by atoms with Crippen LogP contribution in [0.4, 0.5) is 0 Å². The highest BCUT2D eigenvalue weighted by Gasteiger charge is 2.22. The van der Waals surface area contributed by atoms with E-state index in [9.17, 15) is 0 Å². The Kier molecular flexibility index (Phi) is 2.10. The molecule has 0 aromatic carbocycles. The van der Waals surface area contributed by atoms with E-state index in [-0.39, 0.29) is 0 Å². The molecule has 0 unspecified atom stereocenters. The maximum atomic E-state index is 4.86. The van der Waals surface area contributed by atoms with Gasteiger partial charge in [0.1, 0.15) is 6.26 Å². The zero-order valence-electron chi connectivity index (χ0n) is 7.16. The first-order valence-corrected chi connectivity index (χ1v) is 4.13. The van der Waals surface area contributed by atoms with Crippen LogP contribution in [-0.2, 0) is 6.54 Å². The molecule has 0 spiro atoms. The minimum absolute atomic E-state index is 0.631. The van der Waals surface area contributed by atoms with Crippen LogP contribution in [0.5, 0.6) is 0 Å². The van der Waals surface area contributed by atoms with Gasteiger partial charge in [-0.1, -0.05) is 0 Å². The summed E-state index contributed by atoms with van der Waals surface area (Å²) in [6.45, 7) is 3.09. The minimum Gasteiger partial charge on any atom is -0.451 e. The first-order chi connectivity index (χ1) is 5.84. The summed E-state index contributed by atoms with van der Waals surface area (Å²) in [4.78, 5) is 6.30. The number of hydrogen-bond donors (Lipinski definition) is 1. The predicted octanol–water partition coefficient (Wildman–Crippen LogP) is 0.0782. The van der Waals surface area contributed by atoms with Crippen molar-refractivity contribution in [2.24, 2.45) is 0 Å². The molecule has 0 aliphatic carbocycles. The van der Waals surface area contributed by atoms with Crippen molar-refractivity contribution in [3.05, 3.63) is 18.4 Å². The van der Waals surface area contributed by atoms with E-state index in [0.717, 1.165) is 25.3 Å². The summed E-state index contributed by atoms with van der Waals surface area (Å²) < 4.78 is 4.86. The van der Waals surface area contributed by atoms with Crippen molar-refractivity contribution < 1.29 is 4.42 Å². The third-order valence-corrected chi connectivity index (χ3v) is 2.12. The lowest BCUT2D eigenvalue weighted by Crippen LogP contribution is -2.55. The molecule has 12 heavy (non-hydrogen) atoms. The Morgan fingerprint density at radius 2 is 2.58 bits per heavy atom. The normalized spacial score (nSPS) is 19.4. The molecule has 0 radical (unpaired) electrons. The molecular weight excluding hydrogens is 154 g/mol. The fraction of sp³-hybridized carbons (Fsp3) is 0.625. The van der Waals surface area contributed by atoms with Crippen LogP contribution in [0.3, 0.4) is 0 Å². The van der Waals surface area contributed by atoms with Crippen molar-refractivity contribution in [3.63, 3.8) is 0 Å². The second-order valence-electron chi connectivity index (χ2n) is 3.28. The van der Waals surface area contributed by atoms with Gasteiger partial charge in [-0.3, -0.25) is 0 Å². The standard InChI is InChI=1S/C8H13N3O/c1-11-3-8(4-11)9-2-7-5-12-6-10-7/h5-6,8-9H,2-4H2,1H3. The van der Waals surface area contributed by atoms with Crippen molar-refractivity contribution in [1.29, 1.82) is 0 Å². The van der Waals surface area contributed by atoms with Crippen molar-refractivity contribution in [3.8, 4) is 0 Å². The highest BCUT2D eigenvalue weighted by Crippen LogP contribution is 2.04. The average Bonchev–Trinajstić information content (AvgIpc) is 2.47. The maximum Gasteiger partial charge on any atom is 0.180 e. The van der Waals surface area contributed by atoms with E-state index in [1.807, 2.05) is 0 Å². The maximum absolute atomic E-state index is 4.86. The number of nitrogens with zero attached hydrogens (tertiary/aromatic N) is 2. The van der Waals surface area contributed by atoms with Crippen LogP contribution in [0.25, 0.3) is 0 Å². The molecular formula is C8H13N3O. The third-order valence-electron chi connectivity index (χ3n) is 2.12. The molecule has 4 heteroatoms. The van der Waals surface area contributed by atoms with Gasteiger partial charge < -0.3 is 14.6 Å². The Morgan fingerprint density at radius 3 is 3.17 bits per heavy atom. The first kappa shape index (κ1) is 7.76. The van der Waals surface area contributed by atoms with E-state index in [2.05, 4.69) is 22.2 Å². The number of aromatic nitrogens is 1. The van der Waals surface area contributed by atoms with Crippen LogP contribution >= 0.6 is 0 Å². The quantitative estimate of drug-likeness (QED) is 0.692. The number of likely N-dealkylation sites (N-methyl/N-ethyl adjacent to an activating group) is 1. The van der Waals surface area contributed by atoms with Gasteiger partial charge in [-0.2, -0.15) is 0 Å². The van der Waals surface area contributed by atoms with E-state index in [1.165, 1.54) is 6.39 Å². The molecule has 2 heterocycles. The number of oxazole rings is 1. The Morgan fingerprint density at radius 1 is 1.75 bits per heavy atom. The van der Waals surface area contributed by atoms with Crippen LogP contribution in [0, 0.1) is 0 Å². The molecule has 1 saturated heterocycles. The molecule has 0 saturated carbocycles. The van der Waals surface area contributed by atoms with Gasteiger partial charge in [0.2, 0.25) is 0 Å². The van der Waals surface area contributed by atoms with Crippen LogP contribution in [0.15, 0.2) is 17.1 Å². The molecule has 0 atom stereocenters. The lowest BCUT2D eigenvalue weighted by Gasteiger charge is -2.36. The fourth-order valence-corrected chi connectivity index (χ4v) is 1.40. The van der Waals surface area contributed by atoms with Gasteiger partial charge in [-0.15, -0.1) is 0 Å². The summed E-state index contributed by atoms with van der Waals surface area (Å²) in [7, 11) is 2.12. The minimum atomic E-state index is 0.631. The molecule has 1 fully saturated rings. The third kappa shape index (κ3) is 1.65. The Balaban J connectivity index is 1.70. The molecule has 2 rings (SSSR count). The molecule has 0 bridgehead atoms. The fourth-order valence-electron chi connectivity index (χ4n) is 1.40. The number of likely N-dealkylation sites (tertiary alicyclic amines) is 1. The van der Waals surface area contributed by atoms with Crippen LogP contribution < -0.4 is 5.32 Å². The molecule has 1 aromatic heterocycles. The Bertz CT molecular complexity index is 228. The van der Waals surface area contributed by atoms with Crippen molar-refractivity contribution in [1.82, 2.24) is 15.2 Å². The Labute approximate surface area is 71.6 Å². The lowest BCUT2D eigenvalue weighted by molar-refractivity contribution is 0.160. The second-order valence-corrected chi connectivity index (χ2v) is 3.28. The van der Waals surface area contributed by atoms with Gasteiger partial charge in [-0.25, -0.2) is 4.98 Å². The Hall–Kier alpha value is -0.870. The SMILES string of the molecule is CN1CC(NCc2cocn2)C1. The molecule has 1 N–H and O–H groups in total. The predicted molar refractivity (Wildman–Crippen MR) is 44.6 cm³/mol. The highest BCUT2D eigenvalue weighted by atomic mass is 16.3. The summed E-state index contributed by atoms with van der Waals surface area (Å²) in [5, 5.41) is 3.39. The summed E-state index contributed by atoms with van der Waals surface area (Å²) in [5.41, 5.74) is 0.976. The highest BCUT2D eigenvalue weighted by molar-refractivity contribution is 4.92. The molecule has 4 nitrogen and oxygen atoms in total. The number of hydrogen-bond acceptors (Lipinski definition) is 4. The van der Waals surface area contributed by atoms with Gasteiger partial charge in [0, 0.05) is 25.7 Å². The van der Waals surface area contributed by atoms with E-state index in [1.54, 1.807) is 6.26 Å².